The van der Waals surface area contributed by atoms with Crippen LogP contribution in [0, 0.1) is 0 Å². The maximum absolute atomic E-state index is 11.1. The van der Waals surface area contributed by atoms with Gasteiger partial charge in [0.25, 0.3) is 0 Å². The molecule has 24 heavy (non-hydrogen) atoms. The number of methoxy groups -OCH3 is 1. The van der Waals surface area contributed by atoms with Crippen LogP contribution in [0.5, 0.6) is 5.75 Å². The third kappa shape index (κ3) is 3.72. The summed E-state index contributed by atoms with van der Waals surface area (Å²) in [5.74, 6) is 2.03. The van der Waals surface area contributed by atoms with Crippen LogP contribution in [0.1, 0.15) is 43.8 Å². The second-order valence-corrected chi connectivity index (χ2v) is 6.91. The SMILES string of the molecule is COc1ccc(-n2c(SCC(N)=O)nnc2C2CCCCC2)cc1. The number of carbonyl (C=O) groups excluding carboxylic acids is 1. The van der Waals surface area contributed by atoms with Gasteiger partial charge < -0.3 is 10.5 Å². The number of benzene rings is 1. The van der Waals surface area contributed by atoms with Crippen LogP contribution < -0.4 is 10.5 Å². The fourth-order valence-corrected chi connectivity index (χ4v) is 3.81. The van der Waals surface area contributed by atoms with Crippen molar-refractivity contribution < 1.29 is 9.53 Å². The Kier molecular flexibility index (Phi) is 5.40. The molecule has 1 aromatic carbocycles. The molecule has 0 radical (unpaired) electrons. The molecule has 0 atom stereocenters. The Morgan fingerprint density at radius 2 is 1.96 bits per heavy atom. The summed E-state index contributed by atoms with van der Waals surface area (Å²) in [5, 5.41) is 9.47. The number of thioether (sulfide) groups is 1. The first kappa shape index (κ1) is 16.8. The van der Waals surface area contributed by atoms with E-state index in [0.29, 0.717) is 11.1 Å². The lowest BCUT2D eigenvalue weighted by Gasteiger charge is -2.22. The van der Waals surface area contributed by atoms with Crippen LogP contribution in [0.2, 0.25) is 0 Å². The maximum atomic E-state index is 11.1. The van der Waals surface area contributed by atoms with Crippen molar-refractivity contribution in [2.45, 2.75) is 43.2 Å². The van der Waals surface area contributed by atoms with Crippen molar-refractivity contribution in [1.29, 1.82) is 0 Å². The Morgan fingerprint density at radius 1 is 1.25 bits per heavy atom. The Labute approximate surface area is 145 Å². The summed E-state index contributed by atoms with van der Waals surface area (Å²) < 4.78 is 7.29. The van der Waals surface area contributed by atoms with Crippen LogP contribution in [-0.4, -0.2) is 33.5 Å². The van der Waals surface area contributed by atoms with Gasteiger partial charge in [0.1, 0.15) is 11.6 Å². The van der Waals surface area contributed by atoms with Crippen LogP contribution in [0.15, 0.2) is 29.4 Å². The zero-order valence-corrected chi connectivity index (χ0v) is 14.6. The molecule has 1 saturated carbocycles. The topological polar surface area (TPSA) is 83.0 Å². The minimum Gasteiger partial charge on any atom is -0.497 e. The molecule has 7 heteroatoms. The van der Waals surface area contributed by atoms with E-state index in [2.05, 4.69) is 14.8 Å². The number of rotatable bonds is 6. The highest BCUT2D eigenvalue weighted by Gasteiger charge is 2.24. The molecule has 1 aliphatic carbocycles. The van der Waals surface area contributed by atoms with E-state index >= 15 is 0 Å². The van der Waals surface area contributed by atoms with E-state index in [0.717, 1.165) is 30.1 Å². The monoisotopic (exact) mass is 346 g/mol. The summed E-state index contributed by atoms with van der Waals surface area (Å²) in [5.41, 5.74) is 6.26. The Hall–Kier alpha value is -2.02. The van der Waals surface area contributed by atoms with E-state index in [-0.39, 0.29) is 11.7 Å². The van der Waals surface area contributed by atoms with Crippen molar-refractivity contribution in [1.82, 2.24) is 14.8 Å². The van der Waals surface area contributed by atoms with Gasteiger partial charge in [-0.05, 0) is 37.1 Å². The summed E-state index contributed by atoms with van der Waals surface area (Å²) in [7, 11) is 1.65. The van der Waals surface area contributed by atoms with Crippen LogP contribution in [0.4, 0.5) is 0 Å². The molecule has 0 spiro atoms. The van der Waals surface area contributed by atoms with Crippen molar-refractivity contribution in [2.75, 3.05) is 12.9 Å². The molecule has 0 bridgehead atoms. The highest BCUT2D eigenvalue weighted by Crippen LogP contribution is 2.35. The molecule has 3 rings (SSSR count). The second kappa shape index (κ2) is 7.70. The molecule has 2 N–H and O–H groups in total. The highest BCUT2D eigenvalue weighted by atomic mass is 32.2. The van der Waals surface area contributed by atoms with Gasteiger partial charge in [-0.3, -0.25) is 9.36 Å². The number of nitrogens with zero attached hydrogens (tertiary/aromatic N) is 3. The number of ether oxygens (including phenoxy) is 1. The molecule has 128 valence electrons. The molecule has 0 unspecified atom stereocenters. The van der Waals surface area contributed by atoms with Crippen molar-refractivity contribution >= 4 is 17.7 Å². The van der Waals surface area contributed by atoms with E-state index < -0.39 is 0 Å². The summed E-state index contributed by atoms with van der Waals surface area (Å²) in [6.45, 7) is 0. The fraction of sp³-hybridized carbons (Fsp3) is 0.471. The van der Waals surface area contributed by atoms with Crippen LogP contribution in [-0.2, 0) is 4.79 Å². The van der Waals surface area contributed by atoms with Gasteiger partial charge in [0, 0.05) is 11.6 Å². The Balaban J connectivity index is 1.97. The number of carbonyl (C=O) groups is 1. The van der Waals surface area contributed by atoms with E-state index in [1.165, 1.54) is 31.0 Å². The van der Waals surface area contributed by atoms with Crippen LogP contribution in [0.3, 0.4) is 0 Å². The number of amides is 1. The van der Waals surface area contributed by atoms with Gasteiger partial charge in [0.2, 0.25) is 5.91 Å². The average Bonchev–Trinajstić information content (AvgIpc) is 3.04. The first-order valence-electron chi connectivity index (χ1n) is 8.20. The normalized spacial score (nSPS) is 15.4. The second-order valence-electron chi connectivity index (χ2n) is 5.96. The van der Waals surface area contributed by atoms with Crippen molar-refractivity contribution in [3.05, 3.63) is 30.1 Å². The standard InChI is InChI=1S/C17H22N4O2S/c1-23-14-9-7-13(8-10-14)21-16(12-5-3-2-4-6-12)19-20-17(21)24-11-15(18)22/h7-10,12H,2-6,11H2,1H3,(H2,18,22). The first-order valence-corrected chi connectivity index (χ1v) is 9.18. The summed E-state index contributed by atoms with van der Waals surface area (Å²) in [4.78, 5) is 11.1. The third-order valence-electron chi connectivity index (χ3n) is 4.30. The van der Waals surface area contributed by atoms with Gasteiger partial charge in [-0.15, -0.1) is 10.2 Å². The van der Waals surface area contributed by atoms with Gasteiger partial charge >= 0.3 is 0 Å². The lowest BCUT2D eigenvalue weighted by atomic mass is 9.88. The van der Waals surface area contributed by atoms with E-state index in [9.17, 15) is 4.79 Å². The van der Waals surface area contributed by atoms with E-state index in [4.69, 9.17) is 10.5 Å². The maximum Gasteiger partial charge on any atom is 0.227 e. The molecule has 1 aliphatic rings. The highest BCUT2D eigenvalue weighted by molar-refractivity contribution is 7.99. The average molecular weight is 346 g/mol. The van der Waals surface area contributed by atoms with Crippen molar-refractivity contribution in [2.24, 2.45) is 5.73 Å². The fourth-order valence-electron chi connectivity index (χ4n) is 3.11. The molecule has 6 nitrogen and oxygen atoms in total. The predicted octanol–water partition coefficient (Wildman–Crippen LogP) is 2.90. The molecular formula is C17H22N4O2S. The zero-order valence-electron chi connectivity index (χ0n) is 13.8. The van der Waals surface area contributed by atoms with Crippen LogP contribution >= 0.6 is 11.8 Å². The number of hydrogen-bond acceptors (Lipinski definition) is 5. The van der Waals surface area contributed by atoms with Gasteiger partial charge in [-0.25, -0.2) is 0 Å². The predicted molar refractivity (Wildman–Crippen MR) is 93.7 cm³/mol. The quantitative estimate of drug-likeness (QED) is 0.813. The van der Waals surface area contributed by atoms with Crippen molar-refractivity contribution in [3.63, 3.8) is 0 Å². The molecule has 1 heterocycles. The van der Waals surface area contributed by atoms with E-state index in [1.807, 2.05) is 24.3 Å². The number of aromatic nitrogens is 3. The number of primary amides is 1. The molecular weight excluding hydrogens is 324 g/mol. The first-order chi connectivity index (χ1) is 11.7. The molecule has 0 saturated heterocycles. The lowest BCUT2D eigenvalue weighted by Crippen LogP contribution is -2.15. The number of hydrogen-bond donors (Lipinski definition) is 1. The minimum atomic E-state index is -0.358. The summed E-state index contributed by atoms with van der Waals surface area (Å²) in [6, 6.07) is 7.82. The van der Waals surface area contributed by atoms with Crippen molar-refractivity contribution in [3.8, 4) is 11.4 Å². The zero-order chi connectivity index (χ0) is 16.9. The molecule has 1 aromatic heterocycles. The largest absolute Gasteiger partial charge is 0.497 e. The minimum absolute atomic E-state index is 0.193. The van der Waals surface area contributed by atoms with Gasteiger partial charge in [0.15, 0.2) is 5.16 Å². The summed E-state index contributed by atoms with van der Waals surface area (Å²) in [6.07, 6.45) is 6.01. The number of nitrogens with two attached hydrogens (primary N) is 1. The molecule has 0 aliphatic heterocycles. The summed E-state index contributed by atoms with van der Waals surface area (Å²) >= 11 is 1.33. The van der Waals surface area contributed by atoms with Gasteiger partial charge in [0.05, 0.1) is 12.9 Å². The molecule has 2 aromatic rings. The van der Waals surface area contributed by atoms with E-state index in [1.54, 1.807) is 7.11 Å². The Morgan fingerprint density at radius 3 is 2.58 bits per heavy atom. The third-order valence-corrected chi connectivity index (χ3v) is 5.25. The lowest BCUT2D eigenvalue weighted by molar-refractivity contribution is -0.115. The smallest absolute Gasteiger partial charge is 0.227 e. The van der Waals surface area contributed by atoms with Gasteiger partial charge in [-0.1, -0.05) is 31.0 Å². The Bertz CT molecular complexity index is 693. The van der Waals surface area contributed by atoms with Gasteiger partial charge in [-0.2, -0.15) is 0 Å². The molecule has 1 fully saturated rings. The molecule has 1 amide bonds. The van der Waals surface area contributed by atoms with Crippen LogP contribution in [0.25, 0.3) is 5.69 Å².